The summed E-state index contributed by atoms with van der Waals surface area (Å²) in [4.78, 5) is 21.4. The number of hydrogen-bond acceptors (Lipinski definition) is 4. The first-order chi connectivity index (χ1) is 12.1. The van der Waals surface area contributed by atoms with Gasteiger partial charge in [0, 0.05) is 24.4 Å². The standard InChI is InChI=1S/C19H22FN3O2/c1-12-13-6-3-4-8-15(13)23-17(22-12)10-11-21-19(24)18-14(20)7-5-9-16(18)25-2/h5,7,9H,3-4,6,8,10-11H2,1-2H3,(H,21,24). The number of carbonyl (C=O) groups excluding carboxylic acids is 1. The minimum absolute atomic E-state index is 0.0764. The van der Waals surface area contributed by atoms with E-state index in [4.69, 9.17) is 4.74 Å². The molecule has 0 spiro atoms. The van der Waals surface area contributed by atoms with Crippen molar-refractivity contribution in [1.29, 1.82) is 0 Å². The highest BCUT2D eigenvalue weighted by molar-refractivity contribution is 5.97. The summed E-state index contributed by atoms with van der Waals surface area (Å²) in [5.41, 5.74) is 3.36. The van der Waals surface area contributed by atoms with Crippen LogP contribution in [0.15, 0.2) is 18.2 Å². The molecule has 0 saturated heterocycles. The first-order valence-electron chi connectivity index (χ1n) is 8.56. The molecule has 25 heavy (non-hydrogen) atoms. The van der Waals surface area contributed by atoms with Crippen molar-refractivity contribution < 1.29 is 13.9 Å². The second-order valence-electron chi connectivity index (χ2n) is 6.18. The fourth-order valence-corrected chi connectivity index (χ4v) is 3.23. The molecular formula is C19H22FN3O2. The smallest absolute Gasteiger partial charge is 0.258 e. The van der Waals surface area contributed by atoms with Gasteiger partial charge in [-0.3, -0.25) is 4.79 Å². The fraction of sp³-hybridized carbons (Fsp3) is 0.421. The third-order valence-corrected chi connectivity index (χ3v) is 4.49. The van der Waals surface area contributed by atoms with Crippen molar-refractivity contribution in [2.45, 2.75) is 39.0 Å². The number of rotatable bonds is 5. The van der Waals surface area contributed by atoms with Crippen molar-refractivity contribution in [3.8, 4) is 5.75 Å². The highest BCUT2D eigenvalue weighted by atomic mass is 19.1. The summed E-state index contributed by atoms with van der Waals surface area (Å²) >= 11 is 0. The van der Waals surface area contributed by atoms with Crippen molar-refractivity contribution in [1.82, 2.24) is 15.3 Å². The molecule has 0 aliphatic heterocycles. The Hall–Kier alpha value is -2.50. The fourth-order valence-electron chi connectivity index (χ4n) is 3.23. The molecule has 6 heteroatoms. The lowest BCUT2D eigenvalue weighted by Crippen LogP contribution is -2.27. The Bertz CT molecular complexity index is 792. The van der Waals surface area contributed by atoms with Crippen LogP contribution in [0.4, 0.5) is 4.39 Å². The topological polar surface area (TPSA) is 64.1 Å². The highest BCUT2D eigenvalue weighted by Crippen LogP contribution is 2.22. The van der Waals surface area contributed by atoms with Crippen molar-refractivity contribution in [2.75, 3.05) is 13.7 Å². The van der Waals surface area contributed by atoms with Crippen LogP contribution in [0.5, 0.6) is 5.75 Å². The van der Waals surface area contributed by atoms with Gasteiger partial charge in [-0.15, -0.1) is 0 Å². The summed E-state index contributed by atoms with van der Waals surface area (Å²) in [6.07, 6.45) is 4.90. The Balaban J connectivity index is 1.66. The molecule has 0 bridgehead atoms. The zero-order valence-electron chi connectivity index (χ0n) is 14.6. The number of nitrogens with one attached hydrogen (secondary N) is 1. The van der Waals surface area contributed by atoms with Crippen LogP contribution >= 0.6 is 0 Å². The first kappa shape index (κ1) is 17.3. The van der Waals surface area contributed by atoms with E-state index in [9.17, 15) is 9.18 Å². The number of nitrogens with zero attached hydrogens (tertiary/aromatic N) is 2. The van der Waals surface area contributed by atoms with Gasteiger partial charge in [0.25, 0.3) is 5.91 Å². The molecule has 0 fully saturated rings. The average Bonchev–Trinajstić information content (AvgIpc) is 2.61. The van der Waals surface area contributed by atoms with Gasteiger partial charge in [0.05, 0.1) is 7.11 Å². The van der Waals surface area contributed by atoms with Crippen molar-refractivity contribution in [2.24, 2.45) is 0 Å². The van der Waals surface area contributed by atoms with Crippen LogP contribution in [0.3, 0.4) is 0 Å². The van der Waals surface area contributed by atoms with E-state index in [1.165, 1.54) is 31.2 Å². The van der Waals surface area contributed by atoms with Crippen LogP contribution in [-0.2, 0) is 19.3 Å². The van der Waals surface area contributed by atoms with Crippen molar-refractivity contribution >= 4 is 5.91 Å². The lowest BCUT2D eigenvalue weighted by molar-refractivity contribution is 0.0946. The normalized spacial score (nSPS) is 13.2. The molecule has 1 aliphatic carbocycles. The Morgan fingerprint density at radius 3 is 2.88 bits per heavy atom. The Morgan fingerprint density at radius 2 is 2.08 bits per heavy atom. The maximum atomic E-state index is 13.9. The average molecular weight is 343 g/mol. The summed E-state index contributed by atoms with van der Waals surface area (Å²) in [5.74, 6) is -0.153. The number of halogens is 1. The van der Waals surface area contributed by atoms with E-state index in [2.05, 4.69) is 15.3 Å². The molecular weight excluding hydrogens is 321 g/mol. The molecule has 1 aliphatic rings. The quantitative estimate of drug-likeness (QED) is 0.907. The van der Waals surface area contributed by atoms with Gasteiger partial charge in [0.2, 0.25) is 0 Å². The first-order valence-corrected chi connectivity index (χ1v) is 8.56. The van der Waals surface area contributed by atoms with Crippen molar-refractivity contribution in [3.63, 3.8) is 0 Å². The van der Waals surface area contributed by atoms with Crippen LogP contribution in [0.2, 0.25) is 0 Å². The van der Waals surface area contributed by atoms with E-state index < -0.39 is 11.7 Å². The van der Waals surface area contributed by atoms with E-state index in [0.29, 0.717) is 13.0 Å². The molecule has 0 unspecified atom stereocenters. The Kier molecular flexibility index (Phi) is 5.26. The van der Waals surface area contributed by atoms with Gasteiger partial charge >= 0.3 is 0 Å². The highest BCUT2D eigenvalue weighted by Gasteiger charge is 2.18. The van der Waals surface area contributed by atoms with Gasteiger partial charge in [-0.25, -0.2) is 14.4 Å². The van der Waals surface area contributed by atoms with Crippen LogP contribution in [-0.4, -0.2) is 29.5 Å². The molecule has 1 aromatic heterocycles. The third-order valence-electron chi connectivity index (χ3n) is 4.49. The zero-order chi connectivity index (χ0) is 17.8. The van der Waals surface area contributed by atoms with Crippen LogP contribution in [0, 0.1) is 12.7 Å². The van der Waals surface area contributed by atoms with Gasteiger partial charge in [-0.05, 0) is 50.3 Å². The van der Waals surface area contributed by atoms with E-state index in [-0.39, 0.29) is 11.3 Å². The number of ether oxygens (including phenoxy) is 1. The van der Waals surface area contributed by atoms with Crippen LogP contribution < -0.4 is 10.1 Å². The van der Waals surface area contributed by atoms with Gasteiger partial charge in [-0.1, -0.05) is 6.07 Å². The Morgan fingerprint density at radius 1 is 1.28 bits per heavy atom. The summed E-state index contributed by atoms with van der Waals surface area (Å²) in [6.45, 7) is 2.35. The van der Waals surface area contributed by atoms with Crippen LogP contribution in [0.25, 0.3) is 0 Å². The Labute approximate surface area is 146 Å². The molecule has 1 heterocycles. The second-order valence-corrected chi connectivity index (χ2v) is 6.18. The largest absolute Gasteiger partial charge is 0.496 e. The minimum Gasteiger partial charge on any atom is -0.496 e. The van der Waals surface area contributed by atoms with Gasteiger partial charge in [-0.2, -0.15) is 0 Å². The number of hydrogen-bond donors (Lipinski definition) is 1. The molecule has 5 nitrogen and oxygen atoms in total. The van der Waals surface area contributed by atoms with Gasteiger partial charge in [0.15, 0.2) is 0 Å². The van der Waals surface area contributed by atoms with E-state index >= 15 is 0 Å². The summed E-state index contributed by atoms with van der Waals surface area (Å²) in [6, 6.07) is 4.32. The monoisotopic (exact) mass is 343 g/mol. The minimum atomic E-state index is -0.599. The number of benzene rings is 1. The number of carbonyl (C=O) groups is 1. The van der Waals surface area contributed by atoms with Gasteiger partial charge < -0.3 is 10.1 Å². The molecule has 1 N–H and O–H groups in total. The number of methoxy groups -OCH3 is 1. The number of fused-ring (bicyclic) bond motifs is 1. The van der Waals surface area contributed by atoms with E-state index in [1.54, 1.807) is 6.07 Å². The van der Waals surface area contributed by atoms with E-state index in [0.717, 1.165) is 36.5 Å². The van der Waals surface area contributed by atoms with Crippen LogP contribution in [0.1, 0.15) is 46.0 Å². The number of aryl methyl sites for hydroxylation is 2. The molecule has 0 saturated carbocycles. The number of aromatic nitrogens is 2. The van der Waals surface area contributed by atoms with E-state index in [1.807, 2.05) is 6.92 Å². The molecule has 2 aromatic rings. The lowest BCUT2D eigenvalue weighted by Gasteiger charge is -2.17. The maximum Gasteiger partial charge on any atom is 0.258 e. The SMILES string of the molecule is COc1cccc(F)c1C(=O)NCCc1nc(C)c2c(n1)CCCC2. The molecule has 1 aromatic carbocycles. The molecule has 0 radical (unpaired) electrons. The molecule has 132 valence electrons. The maximum absolute atomic E-state index is 13.9. The summed E-state index contributed by atoms with van der Waals surface area (Å²) < 4.78 is 19.0. The molecule has 3 rings (SSSR count). The predicted molar refractivity (Wildman–Crippen MR) is 92.4 cm³/mol. The number of amides is 1. The zero-order valence-corrected chi connectivity index (χ0v) is 14.6. The molecule has 1 amide bonds. The summed E-state index contributed by atoms with van der Waals surface area (Å²) in [5, 5.41) is 2.72. The predicted octanol–water partition coefficient (Wildman–Crippen LogP) is 2.78. The third kappa shape index (κ3) is 3.78. The summed E-state index contributed by atoms with van der Waals surface area (Å²) in [7, 11) is 1.41. The second kappa shape index (κ2) is 7.59. The van der Waals surface area contributed by atoms with Crippen molar-refractivity contribution in [3.05, 3.63) is 52.4 Å². The lowest BCUT2D eigenvalue weighted by atomic mass is 9.95. The molecule has 0 atom stereocenters. The van der Waals surface area contributed by atoms with Gasteiger partial charge in [0.1, 0.15) is 23.0 Å².